The molecule has 0 spiro atoms. The van der Waals surface area contributed by atoms with Gasteiger partial charge in [-0.25, -0.2) is 4.98 Å². The van der Waals surface area contributed by atoms with Crippen molar-refractivity contribution in [3.63, 3.8) is 0 Å². The van der Waals surface area contributed by atoms with Gasteiger partial charge in [-0.2, -0.15) is 0 Å². The summed E-state index contributed by atoms with van der Waals surface area (Å²) in [7, 11) is 0. The van der Waals surface area contributed by atoms with E-state index in [0.717, 1.165) is 22.2 Å². The van der Waals surface area contributed by atoms with Crippen molar-refractivity contribution in [3.8, 4) is 5.75 Å². The predicted molar refractivity (Wildman–Crippen MR) is 84.2 cm³/mol. The normalized spacial score (nSPS) is 11.0. The largest absolute Gasteiger partial charge is 0.506 e. The van der Waals surface area contributed by atoms with Gasteiger partial charge in [0.15, 0.2) is 0 Å². The van der Waals surface area contributed by atoms with Crippen molar-refractivity contribution in [3.05, 3.63) is 70.8 Å². The van der Waals surface area contributed by atoms with Crippen LogP contribution in [0.15, 0.2) is 59.8 Å². The predicted octanol–water partition coefficient (Wildman–Crippen LogP) is 4.51. The van der Waals surface area contributed by atoms with Gasteiger partial charge >= 0.3 is 0 Å². The lowest BCUT2D eigenvalue weighted by atomic mass is 10.1. The van der Waals surface area contributed by atoms with Crippen molar-refractivity contribution in [2.75, 3.05) is 0 Å². The van der Waals surface area contributed by atoms with Crippen molar-refractivity contribution in [1.82, 2.24) is 4.98 Å². The minimum Gasteiger partial charge on any atom is -0.506 e. The van der Waals surface area contributed by atoms with Crippen molar-refractivity contribution in [1.29, 1.82) is 0 Å². The third-order valence-corrected chi connectivity index (χ3v) is 3.16. The molecule has 2 aromatic carbocycles. The Labute approximate surface area is 121 Å². The van der Waals surface area contributed by atoms with Crippen LogP contribution >= 0.6 is 0 Å². The van der Waals surface area contributed by atoms with E-state index in [0.29, 0.717) is 0 Å². The van der Waals surface area contributed by atoms with Crippen LogP contribution < -0.4 is 0 Å². The molecule has 0 aliphatic rings. The zero-order valence-electron chi connectivity index (χ0n) is 11.1. The Bertz CT molecular complexity index is 841. The summed E-state index contributed by atoms with van der Waals surface area (Å²) in [5, 5.41) is 13.4. The zero-order valence-corrected chi connectivity index (χ0v) is 11.1. The highest BCUT2D eigenvalue weighted by Gasteiger charge is 2.01. The molecule has 0 unspecified atom stereocenters. The summed E-state index contributed by atoms with van der Waals surface area (Å²) in [6, 6.07) is 16.5. The number of nitrogens with zero attached hydrogens (tertiary/aromatic N) is 2. The molecular weight excluding hydrogens is 264 g/mol. The van der Waals surface area contributed by atoms with Gasteiger partial charge in [0.25, 0.3) is 0 Å². The smallest absolute Gasteiger partial charge is 0.149 e. The quantitative estimate of drug-likeness (QED) is 0.716. The van der Waals surface area contributed by atoms with Gasteiger partial charge in [0.1, 0.15) is 11.4 Å². The summed E-state index contributed by atoms with van der Waals surface area (Å²) in [5.74, 6) is -0.126. The summed E-state index contributed by atoms with van der Waals surface area (Å²) < 4.78 is 0. The molecule has 1 aromatic heterocycles. The number of rotatable bonds is 3. The maximum absolute atomic E-state index is 10.4. The maximum Gasteiger partial charge on any atom is 0.149 e. The van der Waals surface area contributed by atoms with Crippen molar-refractivity contribution < 1.29 is 5.11 Å². The van der Waals surface area contributed by atoms with Gasteiger partial charge in [0, 0.05) is 5.39 Å². The third-order valence-electron chi connectivity index (χ3n) is 3.16. The molecule has 0 aliphatic carbocycles. The first-order valence-electron chi connectivity index (χ1n) is 6.46. The molecule has 4 heteroatoms. The highest BCUT2D eigenvalue weighted by Crippen LogP contribution is 2.27. The summed E-state index contributed by atoms with van der Waals surface area (Å²) in [4.78, 5) is 14.9. The molecule has 0 saturated heterocycles. The summed E-state index contributed by atoms with van der Waals surface area (Å²) >= 11 is 0. The highest BCUT2D eigenvalue weighted by molar-refractivity contribution is 5.81. The van der Waals surface area contributed by atoms with Gasteiger partial charge in [-0.1, -0.05) is 36.4 Å². The zero-order chi connectivity index (χ0) is 14.7. The molecule has 3 aromatic rings. The third kappa shape index (κ3) is 2.79. The first-order valence-corrected chi connectivity index (χ1v) is 6.46. The van der Waals surface area contributed by atoms with Gasteiger partial charge in [-0.05, 0) is 41.1 Å². The van der Waals surface area contributed by atoms with Gasteiger partial charge in [-0.15, -0.1) is 4.91 Å². The average Bonchev–Trinajstić information content (AvgIpc) is 2.53. The molecule has 0 amide bonds. The molecule has 102 valence electrons. The van der Waals surface area contributed by atoms with Crippen LogP contribution in [0.1, 0.15) is 11.3 Å². The fourth-order valence-corrected chi connectivity index (χ4v) is 2.08. The number of nitroso groups, excluding NO2 is 1. The molecule has 0 radical (unpaired) electrons. The number of para-hydroxylation sites is 1. The second kappa shape index (κ2) is 5.54. The molecule has 0 fully saturated rings. The molecule has 4 nitrogen and oxygen atoms in total. The molecule has 21 heavy (non-hydrogen) atoms. The Morgan fingerprint density at radius 2 is 1.86 bits per heavy atom. The molecule has 0 saturated carbocycles. The Balaban J connectivity index is 1.90. The lowest BCUT2D eigenvalue weighted by Gasteiger charge is -1.99. The van der Waals surface area contributed by atoms with E-state index in [-0.39, 0.29) is 11.4 Å². The first-order chi connectivity index (χ1) is 10.3. The van der Waals surface area contributed by atoms with Crippen LogP contribution in [0.25, 0.3) is 23.1 Å². The fraction of sp³-hybridized carbons (Fsp3) is 0. The van der Waals surface area contributed by atoms with Crippen LogP contribution in [0, 0.1) is 4.91 Å². The Morgan fingerprint density at radius 1 is 1.00 bits per heavy atom. The second-order valence-electron chi connectivity index (χ2n) is 4.60. The molecule has 1 N–H and O–H groups in total. The minimum atomic E-state index is -0.126. The van der Waals surface area contributed by atoms with E-state index in [9.17, 15) is 10.0 Å². The number of hydrogen-bond acceptors (Lipinski definition) is 4. The standard InChI is InChI=1S/C17H12N2O2/c20-17-11-12(6-10-16(17)19-21)5-8-14-9-7-13-3-1-2-4-15(13)18-14/h1-11,20H/b8-5+. The number of phenols is 1. The Kier molecular flexibility index (Phi) is 3.43. The van der Waals surface area contributed by atoms with Crippen molar-refractivity contribution in [2.45, 2.75) is 0 Å². The first kappa shape index (κ1) is 13.0. The Hall–Kier alpha value is -3.01. The van der Waals surface area contributed by atoms with Crippen LogP contribution in [0.2, 0.25) is 0 Å². The van der Waals surface area contributed by atoms with E-state index < -0.39 is 0 Å². The lowest BCUT2D eigenvalue weighted by Crippen LogP contribution is -1.82. The van der Waals surface area contributed by atoms with E-state index in [1.165, 1.54) is 12.1 Å². The summed E-state index contributed by atoms with van der Waals surface area (Å²) in [5.41, 5.74) is 2.57. The van der Waals surface area contributed by atoms with E-state index in [4.69, 9.17) is 0 Å². The number of fused-ring (bicyclic) bond motifs is 1. The van der Waals surface area contributed by atoms with Gasteiger partial charge in [-0.3, -0.25) is 0 Å². The lowest BCUT2D eigenvalue weighted by molar-refractivity contribution is 0.476. The second-order valence-corrected chi connectivity index (χ2v) is 4.60. The van der Waals surface area contributed by atoms with Crippen molar-refractivity contribution >= 4 is 28.7 Å². The molecule has 1 heterocycles. The maximum atomic E-state index is 10.4. The minimum absolute atomic E-state index is 0.0379. The van der Waals surface area contributed by atoms with Crippen LogP contribution in [-0.2, 0) is 0 Å². The molecule has 0 atom stereocenters. The monoisotopic (exact) mass is 276 g/mol. The van der Waals surface area contributed by atoms with E-state index in [1.807, 2.05) is 48.6 Å². The molecule has 0 aliphatic heterocycles. The van der Waals surface area contributed by atoms with Crippen molar-refractivity contribution in [2.24, 2.45) is 5.18 Å². The topological polar surface area (TPSA) is 62.5 Å². The van der Waals surface area contributed by atoms with Gasteiger partial charge in [0.2, 0.25) is 0 Å². The number of aromatic hydroxyl groups is 1. The van der Waals surface area contributed by atoms with E-state index >= 15 is 0 Å². The fourth-order valence-electron chi connectivity index (χ4n) is 2.08. The van der Waals surface area contributed by atoms with Crippen LogP contribution in [0.4, 0.5) is 5.69 Å². The number of aromatic nitrogens is 1. The average molecular weight is 276 g/mol. The van der Waals surface area contributed by atoms with Crippen LogP contribution in [-0.4, -0.2) is 10.1 Å². The van der Waals surface area contributed by atoms with Gasteiger partial charge < -0.3 is 5.11 Å². The Morgan fingerprint density at radius 3 is 2.67 bits per heavy atom. The van der Waals surface area contributed by atoms with Crippen LogP contribution in [0.5, 0.6) is 5.75 Å². The SMILES string of the molecule is O=Nc1ccc(/C=C/c2ccc3ccccc3n2)cc1O. The number of pyridine rings is 1. The van der Waals surface area contributed by atoms with Gasteiger partial charge in [0.05, 0.1) is 11.2 Å². The number of benzene rings is 2. The van der Waals surface area contributed by atoms with E-state index in [2.05, 4.69) is 10.2 Å². The number of hydrogen-bond donors (Lipinski definition) is 1. The molecule has 3 rings (SSSR count). The summed E-state index contributed by atoms with van der Waals surface area (Å²) in [6.07, 6.45) is 3.68. The van der Waals surface area contributed by atoms with E-state index in [1.54, 1.807) is 6.07 Å². The highest BCUT2D eigenvalue weighted by atomic mass is 16.3. The molecule has 0 bridgehead atoms. The van der Waals surface area contributed by atoms with Crippen LogP contribution in [0.3, 0.4) is 0 Å². The number of phenolic OH excluding ortho intramolecular Hbond substituents is 1. The molecular formula is C17H12N2O2. The summed E-state index contributed by atoms with van der Waals surface area (Å²) in [6.45, 7) is 0.